The Morgan fingerprint density at radius 1 is 1.43 bits per heavy atom. The fourth-order valence-electron chi connectivity index (χ4n) is 2.42. The lowest BCUT2D eigenvalue weighted by molar-refractivity contribution is -0.127. The van der Waals surface area contributed by atoms with Crippen LogP contribution in [0.15, 0.2) is 27.6 Å². The molecule has 0 aliphatic carbocycles. The fraction of sp³-hybridized carbons (Fsp3) is 0.500. The van der Waals surface area contributed by atoms with Gasteiger partial charge in [0.05, 0.1) is 4.90 Å². The third-order valence-corrected chi connectivity index (χ3v) is 5.97. The van der Waals surface area contributed by atoms with Crippen molar-refractivity contribution in [2.75, 3.05) is 13.1 Å². The normalized spacial score (nSPS) is 17.3. The third kappa shape index (κ3) is 4.05. The number of rotatable bonds is 5. The fourth-order valence-corrected chi connectivity index (χ4v) is 4.84. The lowest BCUT2D eigenvalue weighted by atomic mass is 10.2. The van der Waals surface area contributed by atoms with Gasteiger partial charge < -0.3 is 4.90 Å². The molecule has 1 amide bonds. The van der Waals surface area contributed by atoms with Crippen LogP contribution in [0, 0.1) is 6.92 Å². The molecule has 1 saturated heterocycles. The van der Waals surface area contributed by atoms with Gasteiger partial charge in [0.15, 0.2) is 0 Å². The van der Waals surface area contributed by atoms with Crippen molar-refractivity contribution in [2.45, 2.75) is 37.6 Å². The summed E-state index contributed by atoms with van der Waals surface area (Å²) in [6.07, 6.45) is 1.41. The van der Waals surface area contributed by atoms with E-state index in [4.69, 9.17) is 0 Å². The number of hydrogen-bond acceptors (Lipinski definition) is 3. The molecule has 2 rings (SSSR count). The molecule has 0 bridgehead atoms. The Morgan fingerprint density at radius 2 is 2.14 bits per heavy atom. The van der Waals surface area contributed by atoms with Crippen LogP contribution in [0.5, 0.6) is 0 Å². The van der Waals surface area contributed by atoms with Crippen LogP contribution in [-0.4, -0.2) is 38.4 Å². The molecule has 116 valence electrons. The number of aryl methyl sites for hydroxylation is 1. The first-order valence-electron chi connectivity index (χ1n) is 6.86. The van der Waals surface area contributed by atoms with E-state index in [1.807, 2.05) is 6.92 Å². The number of likely N-dealkylation sites (tertiary alicyclic amines) is 1. The summed E-state index contributed by atoms with van der Waals surface area (Å²) >= 11 is 3.29. The van der Waals surface area contributed by atoms with Crippen LogP contribution in [0.25, 0.3) is 0 Å². The zero-order chi connectivity index (χ0) is 15.6. The average molecular weight is 375 g/mol. The summed E-state index contributed by atoms with van der Waals surface area (Å²) in [4.78, 5) is 13.5. The van der Waals surface area contributed by atoms with Crippen molar-refractivity contribution in [1.82, 2.24) is 9.62 Å². The second-order valence-electron chi connectivity index (χ2n) is 5.40. The lowest BCUT2D eigenvalue weighted by Crippen LogP contribution is -2.42. The molecule has 1 aliphatic heterocycles. The van der Waals surface area contributed by atoms with E-state index in [-0.39, 0.29) is 16.8 Å². The molecule has 1 heterocycles. The topological polar surface area (TPSA) is 66.5 Å². The third-order valence-electron chi connectivity index (χ3n) is 3.40. The van der Waals surface area contributed by atoms with Crippen molar-refractivity contribution in [3.8, 4) is 0 Å². The predicted molar refractivity (Wildman–Crippen MR) is 84.5 cm³/mol. The molecule has 1 aromatic rings. The number of nitrogens with zero attached hydrogens (tertiary/aromatic N) is 1. The summed E-state index contributed by atoms with van der Waals surface area (Å²) in [7, 11) is -3.60. The molecular weight excluding hydrogens is 356 g/mol. The number of carbonyl (C=O) groups excluding carboxylic acids is 1. The molecule has 1 atom stereocenters. The van der Waals surface area contributed by atoms with Gasteiger partial charge in [0.2, 0.25) is 15.9 Å². The second-order valence-corrected chi connectivity index (χ2v) is 7.94. The van der Waals surface area contributed by atoms with Gasteiger partial charge in [-0.25, -0.2) is 13.1 Å². The highest BCUT2D eigenvalue weighted by Crippen LogP contribution is 2.23. The smallest absolute Gasteiger partial charge is 0.241 e. The minimum absolute atomic E-state index is 0.0950. The van der Waals surface area contributed by atoms with Gasteiger partial charge in [-0.1, -0.05) is 6.07 Å². The molecule has 0 spiro atoms. The number of benzene rings is 1. The maximum atomic E-state index is 12.4. The van der Waals surface area contributed by atoms with E-state index in [0.29, 0.717) is 24.0 Å². The largest absolute Gasteiger partial charge is 0.341 e. The highest BCUT2D eigenvalue weighted by molar-refractivity contribution is 9.10. The first-order valence-corrected chi connectivity index (χ1v) is 9.13. The van der Waals surface area contributed by atoms with Gasteiger partial charge >= 0.3 is 0 Å². The Hall–Kier alpha value is -0.920. The molecule has 1 N–H and O–H groups in total. The highest BCUT2D eigenvalue weighted by Gasteiger charge is 2.25. The summed E-state index contributed by atoms with van der Waals surface area (Å²) in [6, 6.07) is 4.78. The second kappa shape index (κ2) is 6.46. The first kappa shape index (κ1) is 16.5. The zero-order valence-corrected chi connectivity index (χ0v) is 14.5. The molecule has 1 aliphatic rings. The summed E-state index contributed by atoms with van der Waals surface area (Å²) in [5, 5.41) is 0. The molecule has 1 fully saturated rings. The molecular formula is C14H19BrN2O3S. The van der Waals surface area contributed by atoms with E-state index in [2.05, 4.69) is 20.7 Å². The number of sulfonamides is 1. The van der Waals surface area contributed by atoms with Crippen molar-refractivity contribution in [1.29, 1.82) is 0 Å². The Morgan fingerprint density at radius 3 is 2.71 bits per heavy atom. The average Bonchev–Trinajstić information content (AvgIpc) is 2.73. The van der Waals surface area contributed by atoms with Gasteiger partial charge in [-0.05, 0) is 53.9 Å². The highest BCUT2D eigenvalue weighted by atomic mass is 79.9. The summed E-state index contributed by atoms with van der Waals surface area (Å²) in [5.41, 5.74) is 0.983. The lowest BCUT2D eigenvalue weighted by Gasteiger charge is -2.21. The van der Waals surface area contributed by atoms with E-state index in [1.54, 1.807) is 30.0 Å². The van der Waals surface area contributed by atoms with E-state index in [9.17, 15) is 13.2 Å². The van der Waals surface area contributed by atoms with Gasteiger partial charge in [-0.15, -0.1) is 0 Å². The Labute approximate surface area is 133 Å². The van der Waals surface area contributed by atoms with Gasteiger partial charge in [-0.2, -0.15) is 0 Å². The van der Waals surface area contributed by atoms with Crippen molar-refractivity contribution < 1.29 is 13.2 Å². The van der Waals surface area contributed by atoms with Gasteiger partial charge in [-0.3, -0.25) is 4.79 Å². The maximum absolute atomic E-state index is 12.4. The van der Waals surface area contributed by atoms with Crippen LogP contribution in [0.4, 0.5) is 0 Å². The van der Waals surface area contributed by atoms with Crippen LogP contribution in [-0.2, 0) is 14.8 Å². The monoisotopic (exact) mass is 374 g/mol. The molecule has 21 heavy (non-hydrogen) atoms. The van der Waals surface area contributed by atoms with Gasteiger partial charge in [0.25, 0.3) is 0 Å². The minimum atomic E-state index is -3.60. The minimum Gasteiger partial charge on any atom is -0.341 e. The van der Waals surface area contributed by atoms with Crippen LogP contribution in [0.3, 0.4) is 0 Å². The van der Waals surface area contributed by atoms with Gasteiger partial charge in [0.1, 0.15) is 0 Å². The number of halogens is 1. The molecule has 0 radical (unpaired) electrons. The number of amides is 1. The van der Waals surface area contributed by atoms with Gasteiger partial charge in [0, 0.05) is 30.0 Å². The zero-order valence-electron chi connectivity index (χ0n) is 12.1. The first-order chi connectivity index (χ1) is 9.79. The molecule has 0 aromatic heterocycles. The Balaban J connectivity index is 2.08. The van der Waals surface area contributed by atoms with Crippen molar-refractivity contribution in [3.05, 3.63) is 28.2 Å². The molecule has 1 unspecified atom stereocenters. The number of nitrogens with one attached hydrogen (secondary N) is 1. The van der Waals surface area contributed by atoms with Crippen molar-refractivity contribution >= 4 is 31.9 Å². The Kier molecular flexibility index (Phi) is 5.06. The molecule has 1 aromatic carbocycles. The summed E-state index contributed by atoms with van der Waals surface area (Å²) in [6.45, 7) is 4.78. The van der Waals surface area contributed by atoms with Crippen molar-refractivity contribution in [3.63, 3.8) is 0 Å². The van der Waals surface area contributed by atoms with E-state index in [0.717, 1.165) is 12.0 Å². The molecule has 0 saturated carbocycles. The van der Waals surface area contributed by atoms with Crippen molar-refractivity contribution in [2.24, 2.45) is 0 Å². The Bertz CT molecular complexity index is 646. The van der Waals surface area contributed by atoms with Crippen LogP contribution in [0.2, 0.25) is 0 Å². The standard InChI is InChI=1S/C14H19BrN2O3S/c1-10-5-6-13(12(15)8-10)21(19,20)16-11(2)9-17-7-3-4-14(17)18/h5-6,8,11,16H,3-4,7,9H2,1-2H3. The quantitative estimate of drug-likeness (QED) is 0.857. The van der Waals surface area contributed by atoms with E-state index >= 15 is 0 Å². The maximum Gasteiger partial charge on any atom is 0.241 e. The van der Waals surface area contributed by atoms with E-state index < -0.39 is 10.0 Å². The molecule has 7 heteroatoms. The van der Waals surface area contributed by atoms with Crippen LogP contribution in [0.1, 0.15) is 25.3 Å². The molecule has 5 nitrogen and oxygen atoms in total. The van der Waals surface area contributed by atoms with Crippen LogP contribution >= 0.6 is 15.9 Å². The van der Waals surface area contributed by atoms with Crippen LogP contribution < -0.4 is 4.72 Å². The summed E-state index contributed by atoms with van der Waals surface area (Å²) in [5.74, 6) is 0.0950. The summed E-state index contributed by atoms with van der Waals surface area (Å²) < 4.78 is 27.9. The predicted octanol–water partition coefficient (Wildman–Crippen LogP) is 2.05. The van der Waals surface area contributed by atoms with E-state index in [1.165, 1.54) is 0 Å². The SMILES string of the molecule is Cc1ccc(S(=O)(=O)NC(C)CN2CCCC2=O)c(Br)c1. The number of carbonyl (C=O) groups is 1. The number of hydrogen-bond donors (Lipinski definition) is 1.